The highest BCUT2D eigenvalue weighted by Crippen LogP contribution is 2.27. The molecule has 2 heteroatoms. The lowest BCUT2D eigenvalue weighted by Gasteiger charge is -2.24. The van der Waals surface area contributed by atoms with Gasteiger partial charge in [0.25, 0.3) is 0 Å². The summed E-state index contributed by atoms with van der Waals surface area (Å²) in [6.45, 7) is 3.17. The van der Waals surface area contributed by atoms with Crippen LogP contribution in [0.3, 0.4) is 0 Å². The average molecular weight is 246 g/mol. The van der Waals surface area contributed by atoms with E-state index in [1.54, 1.807) is 0 Å². The summed E-state index contributed by atoms with van der Waals surface area (Å²) in [5.41, 5.74) is 2.35. The summed E-state index contributed by atoms with van der Waals surface area (Å²) in [6, 6.07) is 18.4. The molecule has 0 aromatic heterocycles. The van der Waals surface area contributed by atoms with Crippen molar-refractivity contribution in [1.82, 2.24) is 0 Å². The molecule has 0 N–H and O–H groups in total. The van der Waals surface area contributed by atoms with Gasteiger partial charge in [0.15, 0.2) is 0 Å². The summed E-state index contributed by atoms with van der Waals surface area (Å²) in [7, 11) is 0. The van der Waals surface area contributed by atoms with Crippen molar-refractivity contribution in [3.63, 3.8) is 0 Å². The topological polar surface area (TPSA) is 3.24 Å². The molecule has 0 unspecified atom stereocenters. The Labute approximate surface area is 108 Å². The molecule has 0 fully saturated rings. The molecule has 0 aliphatic carbocycles. The zero-order valence-electron chi connectivity index (χ0n) is 9.94. The third-order valence-corrected chi connectivity index (χ3v) is 2.87. The van der Waals surface area contributed by atoms with Gasteiger partial charge in [-0.15, -0.1) is 0 Å². The van der Waals surface area contributed by atoms with Crippen LogP contribution in [0.5, 0.6) is 0 Å². The van der Waals surface area contributed by atoms with Gasteiger partial charge >= 0.3 is 0 Å². The predicted octanol–water partition coefficient (Wildman–Crippen LogP) is 4.89. The minimum absolute atomic E-state index is 0.777. The SMILES string of the molecule is CCCN(c1ccccc1)c1cccc(Cl)c1. The molecule has 0 aliphatic rings. The average Bonchev–Trinajstić information content (AvgIpc) is 2.37. The first-order chi connectivity index (χ1) is 8.31. The zero-order chi connectivity index (χ0) is 12.1. The van der Waals surface area contributed by atoms with Crippen LogP contribution in [0.25, 0.3) is 0 Å². The Morgan fingerprint density at radius 1 is 0.941 bits per heavy atom. The van der Waals surface area contributed by atoms with Crippen molar-refractivity contribution in [3.05, 3.63) is 59.6 Å². The molecule has 0 radical (unpaired) electrons. The molecule has 0 bridgehead atoms. The van der Waals surface area contributed by atoms with E-state index in [9.17, 15) is 0 Å². The van der Waals surface area contributed by atoms with Crippen molar-refractivity contribution in [2.75, 3.05) is 11.4 Å². The number of para-hydroxylation sites is 1. The Morgan fingerprint density at radius 3 is 2.29 bits per heavy atom. The van der Waals surface area contributed by atoms with Gasteiger partial charge in [-0.05, 0) is 36.8 Å². The monoisotopic (exact) mass is 245 g/mol. The normalized spacial score (nSPS) is 10.2. The van der Waals surface area contributed by atoms with Crippen molar-refractivity contribution < 1.29 is 0 Å². The second-order valence-electron chi connectivity index (χ2n) is 3.97. The van der Waals surface area contributed by atoms with E-state index in [1.807, 2.05) is 24.3 Å². The van der Waals surface area contributed by atoms with E-state index in [2.05, 4.69) is 42.2 Å². The van der Waals surface area contributed by atoms with Crippen molar-refractivity contribution in [3.8, 4) is 0 Å². The lowest BCUT2D eigenvalue weighted by Crippen LogP contribution is -2.17. The highest BCUT2D eigenvalue weighted by atomic mass is 35.5. The summed E-state index contributed by atoms with van der Waals surface area (Å²) < 4.78 is 0. The first-order valence-electron chi connectivity index (χ1n) is 5.89. The minimum atomic E-state index is 0.777. The summed E-state index contributed by atoms with van der Waals surface area (Å²) >= 11 is 6.05. The number of halogens is 1. The van der Waals surface area contributed by atoms with Crippen LogP contribution in [0.1, 0.15) is 13.3 Å². The van der Waals surface area contributed by atoms with E-state index in [4.69, 9.17) is 11.6 Å². The molecule has 17 heavy (non-hydrogen) atoms. The molecule has 0 amide bonds. The molecule has 0 heterocycles. The van der Waals surface area contributed by atoms with E-state index in [0.717, 1.165) is 23.7 Å². The molecule has 2 aromatic carbocycles. The summed E-state index contributed by atoms with van der Waals surface area (Å²) in [5, 5.41) is 0.777. The van der Waals surface area contributed by atoms with Gasteiger partial charge in [-0.3, -0.25) is 0 Å². The molecule has 2 aromatic rings. The summed E-state index contributed by atoms with van der Waals surface area (Å²) in [4.78, 5) is 2.28. The van der Waals surface area contributed by atoms with E-state index >= 15 is 0 Å². The highest BCUT2D eigenvalue weighted by molar-refractivity contribution is 6.30. The lowest BCUT2D eigenvalue weighted by molar-refractivity contribution is 0.886. The second kappa shape index (κ2) is 5.74. The van der Waals surface area contributed by atoms with Crippen LogP contribution < -0.4 is 4.90 Å². The molecule has 0 spiro atoms. The summed E-state index contributed by atoms with van der Waals surface area (Å²) in [6.07, 6.45) is 1.10. The maximum atomic E-state index is 6.05. The number of benzene rings is 2. The van der Waals surface area contributed by atoms with Crippen LogP contribution in [0.4, 0.5) is 11.4 Å². The molecule has 0 atom stereocenters. The minimum Gasteiger partial charge on any atom is -0.341 e. The van der Waals surface area contributed by atoms with Gasteiger partial charge in [-0.2, -0.15) is 0 Å². The molecule has 1 nitrogen and oxygen atoms in total. The molecule has 0 saturated carbocycles. The smallest absolute Gasteiger partial charge is 0.0426 e. The van der Waals surface area contributed by atoms with Gasteiger partial charge in [-0.1, -0.05) is 42.8 Å². The van der Waals surface area contributed by atoms with Crippen LogP contribution in [0, 0.1) is 0 Å². The summed E-state index contributed by atoms with van der Waals surface area (Å²) in [5.74, 6) is 0. The number of anilines is 2. The first kappa shape index (κ1) is 12.0. The number of hydrogen-bond donors (Lipinski definition) is 0. The van der Waals surface area contributed by atoms with E-state index in [0.29, 0.717) is 0 Å². The van der Waals surface area contributed by atoms with Crippen molar-refractivity contribution in [2.45, 2.75) is 13.3 Å². The molecule has 0 saturated heterocycles. The van der Waals surface area contributed by atoms with Gasteiger partial charge in [0, 0.05) is 22.9 Å². The fourth-order valence-electron chi connectivity index (χ4n) is 1.88. The third kappa shape index (κ3) is 3.01. The predicted molar refractivity (Wildman–Crippen MR) is 75.2 cm³/mol. The Morgan fingerprint density at radius 2 is 1.65 bits per heavy atom. The van der Waals surface area contributed by atoms with Gasteiger partial charge in [0.2, 0.25) is 0 Å². The fraction of sp³-hybridized carbons (Fsp3) is 0.200. The Balaban J connectivity index is 2.35. The standard InChI is InChI=1S/C15H16ClN/c1-2-11-17(14-8-4-3-5-9-14)15-10-6-7-13(16)12-15/h3-10,12H,2,11H2,1H3. The van der Waals surface area contributed by atoms with Crippen LogP contribution in [0.15, 0.2) is 54.6 Å². The maximum Gasteiger partial charge on any atom is 0.0426 e. The van der Waals surface area contributed by atoms with E-state index in [1.165, 1.54) is 5.69 Å². The van der Waals surface area contributed by atoms with Crippen molar-refractivity contribution in [2.24, 2.45) is 0 Å². The maximum absolute atomic E-state index is 6.05. The third-order valence-electron chi connectivity index (χ3n) is 2.63. The van der Waals surface area contributed by atoms with Crippen LogP contribution in [0.2, 0.25) is 5.02 Å². The van der Waals surface area contributed by atoms with Crippen molar-refractivity contribution in [1.29, 1.82) is 0 Å². The van der Waals surface area contributed by atoms with Gasteiger partial charge in [-0.25, -0.2) is 0 Å². The molecular weight excluding hydrogens is 230 g/mol. The second-order valence-corrected chi connectivity index (χ2v) is 4.40. The largest absolute Gasteiger partial charge is 0.341 e. The van der Waals surface area contributed by atoms with Crippen molar-refractivity contribution >= 4 is 23.0 Å². The lowest BCUT2D eigenvalue weighted by atomic mass is 10.2. The van der Waals surface area contributed by atoms with Crippen LogP contribution >= 0.6 is 11.6 Å². The fourth-order valence-corrected chi connectivity index (χ4v) is 2.07. The van der Waals surface area contributed by atoms with E-state index in [-0.39, 0.29) is 0 Å². The first-order valence-corrected chi connectivity index (χ1v) is 6.27. The Kier molecular flexibility index (Phi) is 4.05. The number of hydrogen-bond acceptors (Lipinski definition) is 1. The molecular formula is C15H16ClN. The highest BCUT2D eigenvalue weighted by Gasteiger charge is 2.07. The molecule has 88 valence electrons. The van der Waals surface area contributed by atoms with E-state index < -0.39 is 0 Å². The molecule has 0 aliphatic heterocycles. The molecule has 2 rings (SSSR count). The van der Waals surface area contributed by atoms with Gasteiger partial charge < -0.3 is 4.90 Å². The quantitative estimate of drug-likeness (QED) is 0.742. The number of nitrogens with zero attached hydrogens (tertiary/aromatic N) is 1. The number of rotatable bonds is 4. The van der Waals surface area contributed by atoms with Gasteiger partial charge in [0.05, 0.1) is 0 Å². The Bertz CT molecular complexity index is 467. The van der Waals surface area contributed by atoms with Gasteiger partial charge in [0.1, 0.15) is 0 Å². The van der Waals surface area contributed by atoms with Crippen LogP contribution in [-0.4, -0.2) is 6.54 Å². The zero-order valence-corrected chi connectivity index (χ0v) is 10.7. The Hall–Kier alpha value is -1.47. The van der Waals surface area contributed by atoms with Crippen LogP contribution in [-0.2, 0) is 0 Å².